The van der Waals surface area contributed by atoms with Gasteiger partial charge in [0.25, 0.3) is 0 Å². The first-order chi connectivity index (χ1) is 14.8. The molecule has 2 aromatic heterocycles. The quantitative estimate of drug-likeness (QED) is 0.536. The molecule has 6 nitrogen and oxygen atoms in total. The Bertz CT molecular complexity index is 1170. The van der Waals surface area contributed by atoms with Crippen molar-refractivity contribution in [2.75, 3.05) is 6.61 Å². The summed E-state index contributed by atoms with van der Waals surface area (Å²) in [6, 6.07) is 20.7. The molecule has 1 aliphatic rings. The van der Waals surface area contributed by atoms with Crippen molar-refractivity contribution in [2.24, 2.45) is 0 Å². The predicted molar refractivity (Wildman–Crippen MR) is 112 cm³/mol. The highest BCUT2D eigenvalue weighted by molar-refractivity contribution is 5.78. The van der Waals surface area contributed by atoms with Crippen molar-refractivity contribution in [3.05, 3.63) is 84.7 Å². The molecule has 0 radical (unpaired) electrons. The number of aliphatic hydroxyl groups is 1. The SMILES string of the molecule is O[C@@H]1c2cc(Oc3ccc4ccccc4n3)ccc2OCC[C@@H]1Oc1cccnc1. The molecule has 30 heavy (non-hydrogen) atoms. The van der Waals surface area contributed by atoms with E-state index in [-0.39, 0.29) is 0 Å². The summed E-state index contributed by atoms with van der Waals surface area (Å²) in [6.07, 6.45) is 2.54. The van der Waals surface area contributed by atoms with Gasteiger partial charge >= 0.3 is 0 Å². The van der Waals surface area contributed by atoms with Crippen LogP contribution < -0.4 is 14.2 Å². The summed E-state index contributed by atoms with van der Waals surface area (Å²) >= 11 is 0. The zero-order chi connectivity index (χ0) is 20.3. The first-order valence-electron chi connectivity index (χ1n) is 9.81. The van der Waals surface area contributed by atoms with Crippen molar-refractivity contribution in [3.63, 3.8) is 0 Å². The summed E-state index contributed by atoms with van der Waals surface area (Å²) in [6.45, 7) is 0.446. The number of fused-ring (bicyclic) bond motifs is 2. The molecular weight excluding hydrogens is 380 g/mol. The Labute approximate surface area is 173 Å². The fourth-order valence-corrected chi connectivity index (χ4v) is 3.54. The number of nitrogens with zero attached hydrogens (tertiary/aromatic N) is 2. The molecule has 2 atom stereocenters. The van der Waals surface area contributed by atoms with Gasteiger partial charge in [0.2, 0.25) is 5.88 Å². The van der Waals surface area contributed by atoms with Crippen LogP contribution in [-0.2, 0) is 0 Å². The average molecular weight is 400 g/mol. The largest absolute Gasteiger partial charge is 0.493 e. The molecule has 1 N–H and O–H groups in total. The van der Waals surface area contributed by atoms with Crippen LogP contribution in [0.1, 0.15) is 18.1 Å². The summed E-state index contributed by atoms with van der Waals surface area (Å²) in [5, 5.41) is 12.0. The molecule has 0 amide bonds. The Morgan fingerprint density at radius 2 is 1.90 bits per heavy atom. The van der Waals surface area contributed by atoms with E-state index in [1.165, 1.54) is 0 Å². The summed E-state index contributed by atoms with van der Waals surface area (Å²) in [7, 11) is 0. The van der Waals surface area contributed by atoms with Crippen LogP contribution in [-0.4, -0.2) is 27.8 Å². The molecule has 0 bridgehead atoms. The third-order valence-corrected chi connectivity index (χ3v) is 5.03. The number of aliphatic hydroxyl groups excluding tert-OH is 1. The Hall–Kier alpha value is -3.64. The van der Waals surface area contributed by atoms with E-state index in [1.54, 1.807) is 30.6 Å². The van der Waals surface area contributed by atoms with Gasteiger partial charge in [-0.2, -0.15) is 0 Å². The van der Waals surface area contributed by atoms with E-state index in [0.717, 1.165) is 10.9 Å². The lowest BCUT2D eigenvalue weighted by molar-refractivity contribution is 0.0310. The van der Waals surface area contributed by atoms with Crippen molar-refractivity contribution in [1.82, 2.24) is 9.97 Å². The second kappa shape index (κ2) is 8.00. The second-order valence-electron chi connectivity index (χ2n) is 7.07. The normalized spacial score (nSPS) is 18.2. The van der Waals surface area contributed by atoms with Gasteiger partial charge in [-0.05, 0) is 42.5 Å². The zero-order valence-corrected chi connectivity index (χ0v) is 16.1. The lowest BCUT2D eigenvalue weighted by atomic mass is 10.0. The third kappa shape index (κ3) is 3.77. The highest BCUT2D eigenvalue weighted by atomic mass is 16.5. The molecule has 0 fully saturated rings. The van der Waals surface area contributed by atoms with Gasteiger partial charge < -0.3 is 19.3 Å². The molecule has 0 unspecified atom stereocenters. The van der Waals surface area contributed by atoms with Crippen LogP contribution in [0.15, 0.2) is 79.1 Å². The molecular formula is C24H20N2O4. The standard InChI is InChI=1S/C24H20N2O4/c27-24-19-14-17(30-23-10-7-16-4-1-2-6-20(16)26-23)8-9-21(19)28-13-11-22(24)29-18-5-3-12-25-15-18/h1-10,12,14-15,22,24,27H,11,13H2/t22-,24+/m0/s1. The van der Waals surface area contributed by atoms with E-state index in [4.69, 9.17) is 14.2 Å². The number of pyridine rings is 2. The van der Waals surface area contributed by atoms with Gasteiger partial charge in [0, 0.05) is 29.6 Å². The van der Waals surface area contributed by atoms with Crippen LogP contribution in [0.4, 0.5) is 0 Å². The molecule has 0 spiro atoms. The van der Waals surface area contributed by atoms with Crippen LogP contribution in [0.5, 0.6) is 23.1 Å². The van der Waals surface area contributed by atoms with Gasteiger partial charge in [0.05, 0.1) is 18.3 Å². The minimum Gasteiger partial charge on any atom is -0.493 e. The van der Waals surface area contributed by atoms with E-state index in [9.17, 15) is 5.11 Å². The van der Waals surface area contributed by atoms with Gasteiger partial charge in [-0.15, -0.1) is 0 Å². The molecule has 1 aliphatic heterocycles. The van der Waals surface area contributed by atoms with Gasteiger partial charge in [-0.25, -0.2) is 4.98 Å². The fraction of sp³-hybridized carbons (Fsp3) is 0.167. The van der Waals surface area contributed by atoms with Gasteiger partial charge in [0.15, 0.2) is 0 Å². The summed E-state index contributed by atoms with van der Waals surface area (Å²) in [5.74, 6) is 2.29. The lowest BCUT2D eigenvalue weighted by Crippen LogP contribution is -2.25. The molecule has 5 rings (SSSR count). The van der Waals surface area contributed by atoms with Crippen LogP contribution in [0.25, 0.3) is 10.9 Å². The third-order valence-electron chi connectivity index (χ3n) is 5.03. The van der Waals surface area contributed by atoms with E-state index < -0.39 is 12.2 Å². The minimum atomic E-state index is -0.865. The molecule has 3 heterocycles. The van der Waals surface area contributed by atoms with E-state index in [1.807, 2.05) is 48.5 Å². The Kier molecular flexibility index (Phi) is 4.91. The monoisotopic (exact) mass is 400 g/mol. The van der Waals surface area contributed by atoms with E-state index in [2.05, 4.69) is 9.97 Å². The summed E-state index contributed by atoms with van der Waals surface area (Å²) in [5.41, 5.74) is 1.48. The van der Waals surface area contributed by atoms with Gasteiger partial charge in [-0.1, -0.05) is 18.2 Å². The van der Waals surface area contributed by atoms with Crippen molar-refractivity contribution < 1.29 is 19.3 Å². The first kappa shape index (κ1) is 18.4. The number of aromatic nitrogens is 2. The Morgan fingerprint density at radius 1 is 0.967 bits per heavy atom. The molecule has 0 saturated carbocycles. The topological polar surface area (TPSA) is 73.7 Å². The highest BCUT2D eigenvalue weighted by Crippen LogP contribution is 2.37. The first-order valence-corrected chi connectivity index (χ1v) is 9.81. The van der Waals surface area contributed by atoms with Crippen molar-refractivity contribution in [2.45, 2.75) is 18.6 Å². The zero-order valence-electron chi connectivity index (χ0n) is 16.1. The van der Waals surface area contributed by atoms with E-state index >= 15 is 0 Å². The number of hydrogen-bond acceptors (Lipinski definition) is 6. The lowest BCUT2D eigenvalue weighted by Gasteiger charge is -2.22. The Balaban J connectivity index is 1.40. The average Bonchev–Trinajstić information content (AvgIpc) is 2.93. The van der Waals surface area contributed by atoms with Gasteiger partial charge in [0.1, 0.15) is 29.5 Å². The Morgan fingerprint density at radius 3 is 2.80 bits per heavy atom. The maximum atomic E-state index is 11.0. The van der Waals surface area contributed by atoms with Crippen molar-refractivity contribution in [3.8, 4) is 23.1 Å². The number of ether oxygens (including phenoxy) is 3. The molecule has 6 heteroatoms. The molecule has 0 saturated heterocycles. The molecule has 4 aromatic rings. The number of benzene rings is 2. The second-order valence-corrected chi connectivity index (χ2v) is 7.07. The number of hydrogen-bond donors (Lipinski definition) is 1. The van der Waals surface area contributed by atoms with Crippen molar-refractivity contribution in [1.29, 1.82) is 0 Å². The highest BCUT2D eigenvalue weighted by Gasteiger charge is 2.29. The molecule has 2 aromatic carbocycles. The van der Waals surface area contributed by atoms with Gasteiger partial charge in [-0.3, -0.25) is 4.98 Å². The smallest absolute Gasteiger partial charge is 0.219 e. The van der Waals surface area contributed by atoms with Crippen LogP contribution in [0, 0.1) is 0 Å². The summed E-state index contributed by atoms with van der Waals surface area (Å²) < 4.78 is 17.8. The predicted octanol–water partition coefficient (Wildman–Crippen LogP) is 4.69. The van der Waals surface area contributed by atoms with Crippen LogP contribution in [0.2, 0.25) is 0 Å². The number of para-hydroxylation sites is 1. The number of rotatable bonds is 4. The van der Waals surface area contributed by atoms with Crippen molar-refractivity contribution >= 4 is 10.9 Å². The minimum absolute atomic E-state index is 0.446. The van der Waals surface area contributed by atoms with Crippen LogP contribution >= 0.6 is 0 Å². The maximum absolute atomic E-state index is 11.0. The molecule has 150 valence electrons. The maximum Gasteiger partial charge on any atom is 0.219 e. The summed E-state index contributed by atoms with van der Waals surface area (Å²) in [4.78, 5) is 8.60. The fourth-order valence-electron chi connectivity index (χ4n) is 3.54. The van der Waals surface area contributed by atoms with E-state index in [0.29, 0.717) is 41.7 Å². The molecule has 0 aliphatic carbocycles. The van der Waals surface area contributed by atoms with Crippen LogP contribution in [0.3, 0.4) is 0 Å².